The molecule has 1 unspecified atom stereocenters. The van der Waals surface area contributed by atoms with Crippen molar-refractivity contribution in [1.82, 2.24) is 0 Å². The minimum atomic E-state index is -0.784. The molecule has 0 aliphatic heterocycles. The molecule has 0 amide bonds. The smallest absolute Gasteiger partial charge is 0.306 e. The highest BCUT2D eigenvalue weighted by Gasteiger charge is 2.19. The van der Waals surface area contributed by atoms with Crippen molar-refractivity contribution >= 4 is 17.9 Å². The van der Waals surface area contributed by atoms with E-state index in [0.29, 0.717) is 19.3 Å². The van der Waals surface area contributed by atoms with E-state index < -0.39 is 6.10 Å². The van der Waals surface area contributed by atoms with Crippen molar-refractivity contribution in [2.24, 2.45) is 0 Å². The van der Waals surface area contributed by atoms with Crippen LogP contribution >= 0.6 is 0 Å². The van der Waals surface area contributed by atoms with E-state index in [9.17, 15) is 14.4 Å². The second-order valence-corrected chi connectivity index (χ2v) is 21.3. The second-order valence-electron chi connectivity index (χ2n) is 21.3. The van der Waals surface area contributed by atoms with Crippen molar-refractivity contribution in [1.29, 1.82) is 0 Å². The topological polar surface area (TPSA) is 78.9 Å². The van der Waals surface area contributed by atoms with E-state index in [1.165, 1.54) is 154 Å². The molecule has 0 bridgehead atoms. The van der Waals surface area contributed by atoms with E-state index in [2.05, 4.69) is 118 Å². The summed E-state index contributed by atoms with van der Waals surface area (Å²) in [5.74, 6) is -0.892. The van der Waals surface area contributed by atoms with Crippen LogP contribution in [0.15, 0.2) is 97.2 Å². The molecule has 0 aromatic carbocycles. The first-order chi connectivity index (χ1) is 37.5. The lowest BCUT2D eigenvalue weighted by Crippen LogP contribution is -2.30. The van der Waals surface area contributed by atoms with Crippen molar-refractivity contribution in [3.05, 3.63) is 97.2 Å². The third kappa shape index (κ3) is 61.2. The predicted octanol–water partition coefficient (Wildman–Crippen LogP) is 22.0. The quantitative estimate of drug-likeness (QED) is 0.0261. The van der Waals surface area contributed by atoms with Crippen LogP contribution < -0.4 is 0 Å². The fourth-order valence-electron chi connectivity index (χ4n) is 8.97. The van der Waals surface area contributed by atoms with Gasteiger partial charge >= 0.3 is 17.9 Å². The average Bonchev–Trinajstić information content (AvgIpc) is 3.42. The standard InChI is InChI=1S/C70H120O6/c1-4-7-10-13-16-19-22-25-26-27-28-29-30-31-32-33-34-35-36-37-38-39-40-41-42-43-44-46-48-51-54-57-60-63-69(72)75-66-67(65-74-68(71)62-59-56-53-50-47-24-21-18-15-12-9-6-3)76-70(73)64-61-58-55-52-49-45-23-20-17-14-11-8-5-2/h7,10,16,18-21,23,25-26,28-29,31-32,34-35,67H,4-6,8-9,11-15,17,22,24,27,30,33,36-66H2,1-3H3/b10-7-,19-16-,21-18-,23-20-,26-25-,29-28-,32-31-,35-34-. The van der Waals surface area contributed by atoms with Gasteiger partial charge in [0, 0.05) is 19.3 Å². The van der Waals surface area contributed by atoms with Crippen LogP contribution in [0.5, 0.6) is 0 Å². The molecule has 0 saturated carbocycles. The third-order valence-corrected chi connectivity index (χ3v) is 13.8. The second kappa shape index (κ2) is 63.9. The van der Waals surface area contributed by atoms with E-state index in [0.717, 1.165) is 116 Å². The Morgan fingerprint density at radius 2 is 0.513 bits per heavy atom. The van der Waals surface area contributed by atoms with E-state index in [-0.39, 0.29) is 31.1 Å². The lowest BCUT2D eigenvalue weighted by atomic mass is 10.0. The van der Waals surface area contributed by atoms with Gasteiger partial charge in [-0.2, -0.15) is 0 Å². The Labute approximate surface area is 470 Å². The lowest BCUT2D eigenvalue weighted by Gasteiger charge is -2.18. The van der Waals surface area contributed by atoms with Crippen molar-refractivity contribution in [2.75, 3.05) is 13.2 Å². The summed E-state index contributed by atoms with van der Waals surface area (Å²) in [4.78, 5) is 38.2. The molecule has 1 atom stereocenters. The Hall–Kier alpha value is -3.67. The number of ether oxygens (including phenoxy) is 3. The maximum absolute atomic E-state index is 12.8. The molecule has 0 saturated heterocycles. The molecule has 0 heterocycles. The number of allylic oxidation sites excluding steroid dienone is 16. The van der Waals surface area contributed by atoms with Crippen molar-refractivity contribution in [3.63, 3.8) is 0 Å². The van der Waals surface area contributed by atoms with Crippen LogP contribution in [0.4, 0.5) is 0 Å². The Balaban J connectivity index is 4.14. The van der Waals surface area contributed by atoms with Crippen LogP contribution in [-0.4, -0.2) is 37.2 Å². The fourth-order valence-corrected chi connectivity index (χ4v) is 8.97. The minimum Gasteiger partial charge on any atom is -0.462 e. The largest absolute Gasteiger partial charge is 0.462 e. The number of carbonyl (C=O) groups excluding carboxylic acids is 3. The van der Waals surface area contributed by atoms with Crippen LogP contribution in [0, 0.1) is 0 Å². The summed E-state index contributed by atoms with van der Waals surface area (Å²) < 4.78 is 16.9. The summed E-state index contributed by atoms with van der Waals surface area (Å²) in [5, 5.41) is 0. The molecule has 76 heavy (non-hydrogen) atoms. The van der Waals surface area contributed by atoms with Crippen molar-refractivity contribution in [2.45, 2.75) is 316 Å². The predicted molar refractivity (Wildman–Crippen MR) is 330 cm³/mol. The Kier molecular flexibility index (Phi) is 60.8. The molecule has 0 aromatic rings. The first-order valence-electron chi connectivity index (χ1n) is 32.2. The number of rotatable bonds is 58. The Bertz CT molecular complexity index is 1490. The maximum atomic E-state index is 12.8. The van der Waals surface area contributed by atoms with Crippen molar-refractivity contribution < 1.29 is 28.6 Å². The molecule has 0 radical (unpaired) electrons. The maximum Gasteiger partial charge on any atom is 0.306 e. The first-order valence-corrected chi connectivity index (χ1v) is 32.2. The van der Waals surface area contributed by atoms with Gasteiger partial charge in [-0.25, -0.2) is 0 Å². The van der Waals surface area contributed by atoms with Gasteiger partial charge in [-0.1, -0.05) is 266 Å². The molecule has 0 aliphatic rings. The summed E-state index contributed by atoms with van der Waals surface area (Å²) >= 11 is 0. The minimum absolute atomic E-state index is 0.0813. The highest BCUT2D eigenvalue weighted by Crippen LogP contribution is 2.16. The monoisotopic (exact) mass is 1060 g/mol. The van der Waals surface area contributed by atoms with Crippen LogP contribution in [0.1, 0.15) is 310 Å². The van der Waals surface area contributed by atoms with Crippen LogP contribution in [0.2, 0.25) is 0 Å². The third-order valence-electron chi connectivity index (χ3n) is 13.8. The van der Waals surface area contributed by atoms with Gasteiger partial charge in [0.1, 0.15) is 13.2 Å². The van der Waals surface area contributed by atoms with Crippen molar-refractivity contribution in [3.8, 4) is 0 Å². The molecule has 0 N–H and O–H groups in total. The number of esters is 3. The Morgan fingerprint density at radius 3 is 0.842 bits per heavy atom. The summed E-state index contributed by atoms with van der Waals surface area (Å²) in [7, 11) is 0. The molecule has 0 rings (SSSR count). The molecule has 0 spiro atoms. The van der Waals surface area contributed by atoms with E-state index >= 15 is 0 Å². The number of hydrogen-bond donors (Lipinski definition) is 0. The normalized spacial score (nSPS) is 12.7. The molecule has 0 aromatic heterocycles. The van der Waals surface area contributed by atoms with E-state index in [4.69, 9.17) is 14.2 Å². The van der Waals surface area contributed by atoms with Gasteiger partial charge in [0.15, 0.2) is 6.10 Å². The fraction of sp³-hybridized carbons (Fsp3) is 0.729. The highest BCUT2D eigenvalue weighted by molar-refractivity contribution is 5.71. The molecule has 6 nitrogen and oxygen atoms in total. The van der Waals surface area contributed by atoms with Gasteiger partial charge in [-0.15, -0.1) is 0 Å². The van der Waals surface area contributed by atoms with E-state index in [1.807, 2.05) is 0 Å². The average molecular weight is 1060 g/mol. The SMILES string of the molecule is CC/C=C\C/C=C\C/C=C\C/C=C\C/C=C\C/C=C\CCCCCCCCCCCCCCCCC(=O)OCC(COC(=O)CCCCCCC/C=C\CCCCC)OC(=O)CCCCCCC/C=C\CCCCCC. The van der Waals surface area contributed by atoms with Crippen LogP contribution in [0.25, 0.3) is 0 Å². The van der Waals surface area contributed by atoms with Gasteiger partial charge < -0.3 is 14.2 Å². The van der Waals surface area contributed by atoms with Gasteiger partial charge in [0.05, 0.1) is 0 Å². The summed E-state index contributed by atoms with van der Waals surface area (Å²) in [6, 6.07) is 0. The van der Waals surface area contributed by atoms with Crippen LogP contribution in [0.3, 0.4) is 0 Å². The summed E-state index contributed by atoms with van der Waals surface area (Å²) in [6.07, 6.45) is 85.7. The zero-order chi connectivity index (χ0) is 55.0. The zero-order valence-corrected chi connectivity index (χ0v) is 50.0. The van der Waals surface area contributed by atoms with Gasteiger partial charge in [0.25, 0.3) is 0 Å². The molecule has 436 valence electrons. The number of carbonyl (C=O) groups is 3. The van der Waals surface area contributed by atoms with Gasteiger partial charge in [-0.3, -0.25) is 14.4 Å². The molecule has 6 heteroatoms. The summed E-state index contributed by atoms with van der Waals surface area (Å²) in [5.41, 5.74) is 0. The van der Waals surface area contributed by atoms with Gasteiger partial charge in [-0.05, 0) is 122 Å². The first kappa shape index (κ1) is 72.3. The lowest BCUT2D eigenvalue weighted by molar-refractivity contribution is -0.167. The van der Waals surface area contributed by atoms with E-state index in [1.54, 1.807) is 0 Å². The molecular formula is C70H120O6. The molecule has 0 aliphatic carbocycles. The zero-order valence-electron chi connectivity index (χ0n) is 50.0. The van der Waals surface area contributed by atoms with Gasteiger partial charge in [0.2, 0.25) is 0 Å². The Morgan fingerprint density at radius 1 is 0.276 bits per heavy atom. The number of unbranched alkanes of at least 4 members (excludes halogenated alkanes) is 31. The highest BCUT2D eigenvalue weighted by atomic mass is 16.6. The summed E-state index contributed by atoms with van der Waals surface area (Å²) in [6.45, 7) is 6.49. The molecular weight excluding hydrogens is 937 g/mol. The number of hydrogen-bond acceptors (Lipinski definition) is 6. The molecule has 0 fully saturated rings. The van der Waals surface area contributed by atoms with Crippen LogP contribution in [-0.2, 0) is 28.6 Å².